The molecule has 146 valence electrons. The number of amides is 3. The number of carbonyl (C=O) groups excluding carboxylic acids is 3. The Morgan fingerprint density at radius 1 is 1.14 bits per heavy atom. The molecular formula is C20H20FN3O4. The smallest absolute Gasteiger partial charge is 0.269 e. The highest BCUT2D eigenvalue weighted by Gasteiger charge is 2.36. The molecule has 0 aromatic heterocycles. The number of rotatable bonds is 5. The molecule has 2 aromatic carbocycles. The number of ether oxygens (including phenoxy) is 1. The summed E-state index contributed by atoms with van der Waals surface area (Å²) in [5.41, 5.74) is 5.42. The van der Waals surface area contributed by atoms with E-state index in [1.165, 1.54) is 17.0 Å². The largest absolute Gasteiger partial charge is 0.492 e. The Morgan fingerprint density at radius 3 is 2.57 bits per heavy atom. The van der Waals surface area contributed by atoms with Crippen LogP contribution in [0.25, 0.3) is 0 Å². The average Bonchev–Trinajstić information content (AvgIpc) is 3.09. The lowest BCUT2D eigenvalue weighted by atomic mass is 10.1. The molecule has 3 rings (SSSR count). The fourth-order valence-corrected chi connectivity index (χ4v) is 2.97. The van der Waals surface area contributed by atoms with Crippen LogP contribution in [0.15, 0.2) is 48.5 Å². The molecule has 0 spiro atoms. The summed E-state index contributed by atoms with van der Waals surface area (Å²) in [7, 11) is 0. The van der Waals surface area contributed by atoms with Gasteiger partial charge in [0.25, 0.3) is 5.91 Å². The maximum Gasteiger partial charge on any atom is 0.269 e. The third-order valence-corrected chi connectivity index (χ3v) is 4.36. The Bertz CT molecular complexity index is 885. The minimum Gasteiger partial charge on any atom is -0.492 e. The quantitative estimate of drug-likeness (QED) is 0.771. The zero-order valence-electron chi connectivity index (χ0n) is 15.3. The fourth-order valence-electron chi connectivity index (χ4n) is 2.97. The van der Waals surface area contributed by atoms with Crippen LogP contribution in [-0.2, 0) is 9.59 Å². The van der Waals surface area contributed by atoms with Gasteiger partial charge in [-0.2, -0.15) is 0 Å². The van der Waals surface area contributed by atoms with E-state index in [9.17, 15) is 18.8 Å². The van der Waals surface area contributed by atoms with Crippen LogP contribution in [0.2, 0.25) is 0 Å². The van der Waals surface area contributed by atoms with Crippen molar-refractivity contribution in [2.75, 3.05) is 18.1 Å². The molecule has 0 bridgehead atoms. The summed E-state index contributed by atoms with van der Waals surface area (Å²) in [6.07, 6.45) is 0.0265. The van der Waals surface area contributed by atoms with Crippen molar-refractivity contribution in [1.82, 2.24) is 10.9 Å². The van der Waals surface area contributed by atoms with E-state index in [-0.39, 0.29) is 24.4 Å². The number of hydrogen-bond donors (Lipinski definition) is 2. The molecule has 1 atom stereocenters. The zero-order valence-corrected chi connectivity index (χ0v) is 15.3. The third-order valence-electron chi connectivity index (χ3n) is 4.36. The minimum absolute atomic E-state index is 0.0265. The van der Waals surface area contributed by atoms with Crippen LogP contribution in [-0.4, -0.2) is 30.9 Å². The van der Waals surface area contributed by atoms with Gasteiger partial charge in [-0.05, 0) is 43.3 Å². The molecule has 0 unspecified atom stereocenters. The zero-order chi connectivity index (χ0) is 20.1. The number of nitrogens with one attached hydrogen (secondary N) is 2. The van der Waals surface area contributed by atoms with Crippen molar-refractivity contribution in [3.63, 3.8) is 0 Å². The van der Waals surface area contributed by atoms with E-state index in [1.807, 2.05) is 13.0 Å². The van der Waals surface area contributed by atoms with Crippen molar-refractivity contribution in [1.29, 1.82) is 0 Å². The molecule has 0 radical (unpaired) electrons. The summed E-state index contributed by atoms with van der Waals surface area (Å²) >= 11 is 0. The Morgan fingerprint density at radius 2 is 1.86 bits per heavy atom. The Kier molecular flexibility index (Phi) is 5.88. The van der Waals surface area contributed by atoms with Crippen molar-refractivity contribution < 1.29 is 23.5 Å². The number of para-hydroxylation sites is 2. The highest BCUT2D eigenvalue weighted by molar-refractivity contribution is 6.02. The normalized spacial score (nSPS) is 16.0. The molecule has 1 fully saturated rings. The molecule has 1 aliphatic rings. The molecule has 0 aliphatic carbocycles. The van der Waals surface area contributed by atoms with Crippen LogP contribution in [0.5, 0.6) is 5.75 Å². The summed E-state index contributed by atoms with van der Waals surface area (Å²) < 4.78 is 18.5. The predicted octanol–water partition coefficient (Wildman–Crippen LogP) is 2.04. The summed E-state index contributed by atoms with van der Waals surface area (Å²) in [6, 6.07) is 12.1. The molecule has 2 aromatic rings. The van der Waals surface area contributed by atoms with Crippen LogP contribution in [0, 0.1) is 11.7 Å². The third kappa shape index (κ3) is 4.28. The first-order valence-corrected chi connectivity index (χ1v) is 8.87. The molecule has 2 N–H and O–H groups in total. The maximum absolute atomic E-state index is 12.9. The highest BCUT2D eigenvalue weighted by atomic mass is 19.1. The Labute approximate surface area is 161 Å². The lowest BCUT2D eigenvalue weighted by Crippen LogP contribution is -2.45. The first kappa shape index (κ1) is 19.3. The maximum atomic E-state index is 12.9. The van der Waals surface area contributed by atoms with E-state index in [2.05, 4.69) is 10.9 Å². The molecule has 3 amide bonds. The standard InChI is InChI=1S/C20H20FN3O4/c1-2-28-17-6-4-3-5-16(17)24-12-14(11-18(24)25)20(27)23-22-19(26)13-7-9-15(21)10-8-13/h3-10,14H,2,11-12H2,1H3,(H,22,26)(H,23,27)/t14-/m0/s1. The summed E-state index contributed by atoms with van der Waals surface area (Å²) in [5, 5.41) is 0. The lowest BCUT2D eigenvalue weighted by Gasteiger charge is -2.20. The SMILES string of the molecule is CCOc1ccccc1N1C[C@@H](C(=O)NNC(=O)c2ccc(F)cc2)CC1=O. The van der Waals surface area contributed by atoms with Crippen molar-refractivity contribution in [3.05, 3.63) is 59.9 Å². The monoisotopic (exact) mass is 385 g/mol. The van der Waals surface area contributed by atoms with Crippen molar-refractivity contribution in [2.24, 2.45) is 5.92 Å². The van der Waals surface area contributed by atoms with E-state index in [0.717, 1.165) is 12.1 Å². The van der Waals surface area contributed by atoms with Gasteiger partial charge in [0.15, 0.2) is 0 Å². The predicted molar refractivity (Wildman–Crippen MR) is 100 cm³/mol. The number of anilines is 1. The molecular weight excluding hydrogens is 365 g/mol. The van der Waals surface area contributed by atoms with Crippen LogP contribution in [0.3, 0.4) is 0 Å². The van der Waals surface area contributed by atoms with E-state index in [1.54, 1.807) is 18.2 Å². The first-order chi connectivity index (χ1) is 13.5. The van der Waals surface area contributed by atoms with E-state index in [0.29, 0.717) is 18.0 Å². The molecule has 28 heavy (non-hydrogen) atoms. The summed E-state index contributed by atoms with van der Waals surface area (Å²) in [6.45, 7) is 2.49. The van der Waals surface area contributed by atoms with Crippen LogP contribution < -0.4 is 20.5 Å². The first-order valence-electron chi connectivity index (χ1n) is 8.87. The second kappa shape index (κ2) is 8.51. The van der Waals surface area contributed by atoms with Gasteiger partial charge in [0.05, 0.1) is 18.2 Å². The second-order valence-electron chi connectivity index (χ2n) is 6.26. The molecule has 7 nitrogen and oxygen atoms in total. The van der Waals surface area contributed by atoms with Crippen molar-refractivity contribution in [3.8, 4) is 5.75 Å². The van der Waals surface area contributed by atoms with Crippen molar-refractivity contribution in [2.45, 2.75) is 13.3 Å². The van der Waals surface area contributed by atoms with E-state index < -0.39 is 23.5 Å². The molecule has 8 heteroatoms. The van der Waals surface area contributed by atoms with Gasteiger partial charge < -0.3 is 9.64 Å². The second-order valence-corrected chi connectivity index (χ2v) is 6.26. The van der Waals surface area contributed by atoms with Gasteiger partial charge in [-0.15, -0.1) is 0 Å². The molecule has 1 heterocycles. The highest BCUT2D eigenvalue weighted by Crippen LogP contribution is 2.33. The average molecular weight is 385 g/mol. The summed E-state index contributed by atoms with van der Waals surface area (Å²) in [5.74, 6) is -1.74. The van der Waals surface area contributed by atoms with Crippen molar-refractivity contribution >= 4 is 23.4 Å². The van der Waals surface area contributed by atoms with Gasteiger partial charge in [0.1, 0.15) is 11.6 Å². The van der Waals surface area contributed by atoms with E-state index >= 15 is 0 Å². The van der Waals surface area contributed by atoms with Crippen LogP contribution in [0.4, 0.5) is 10.1 Å². The lowest BCUT2D eigenvalue weighted by molar-refractivity contribution is -0.126. The molecule has 0 saturated carbocycles. The molecule has 1 saturated heterocycles. The fraction of sp³-hybridized carbons (Fsp3) is 0.250. The Balaban J connectivity index is 1.61. The minimum atomic E-state index is -0.615. The van der Waals surface area contributed by atoms with Gasteiger partial charge in [0.2, 0.25) is 11.8 Å². The van der Waals surface area contributed by atoms with Gasteiger partial charge in [-0.1, -0.05) is 12.1 Å². The number of nitrogens with zero attached hydrogens (tertiary/aromatic N) is 1. The summed E-state index contributed by atoms with van der Waals surface area (Å²) in [4.78, 5) is 38.3. The van der Waals surface area contributed by atoms with Gasteiger partial charge in [-0.3, -0.25) is 25.2 Å². The van der Waals surface area contributed by atoms with Gasteiger partial charge in [0, 0.05) is 18.5 Å². The number of halogens is 1. The van der Waals surface area contributed by atoms with Crippen LogP contribution >= 0.6 is 0 Å². The van der Waals surface area contributed by atoms with E-state index in [4.69, 9.17) is 4.74 Å². The Hall–Kier alpha value is -3.42. The van der Waals surface area contributed by atoms with Crippen LogP contribution in [0.1, 0.15) is 23.7 Å². The van der Waals surface area contributed by atoms with Gasteiger partial charge in [-0.25, -0.2) is 4.39 Å². The number of benzene rings is 2. The van der Waals surface area contributed by atoms with Gasteiger partial charge >= 0.3 is 0 Å². The number of hydrogen-bond acceptors (Lipinski definition) is 4. The number of carbonyl (C=O) groups is 3. The molecule has 1 aliphatic heterocycles. The topological polar surface area (TPSA) is 87.7 Å². The number of hydrazine groups is 1.